The first-order chi connectivity index (χ1) is 13.7. The van der Waals surface area contributed by atoms with Gasteiger partial charge in [0, 0.05) is 24.8 Å². The number of imidazole rings is 1. The number of hydrogen-bond donors (Lipinski definition) is 1. The fourth-order valence-electron chi connectivity index (χ4n) is 3.59. The van der Waals surface area contributed by atoms with E-state index in [1.165, 1.54) is 32.4 Å². The first kappa shape index (κ1) is 18.5. The van der Waals surface area contributed by atoms with Crippen LogP contribution in [0.25, 0.3) is 11.0 Å². The van der Waals surface area contributed by atoms with E-state index < -0.39 is 0 Å². The minimum Gasteiger partial charge on any atom is -0.492 e. The molecule has 4 rings (SSSR count). The van der Waals surface area contributed by atoms with Crippen LogP contribution in [0.3, 0.4) is 0 Å². The Kier molecular flexibility index (Phi) is 5.58. The van der Waals surface area contributed by atoms with Crippen LogP contribution in [0.5, 0.6) is 5.75 Å². The van der Waals surface area contributed by atoms with Crippen LogP contribution in [0.1, 0.15) is 29.6 Å². The minimum absolute atomic E-state index is 0.147. The third-order valence-corrected chi connectivity index (χ3v) is 5.22. The summed E-state index contributed by atoms with van der Waals surface area (Å²) in [5.41, 5.74) is 3.15. The van der Waals surface area contributed by atoms with Crippen molar-refractivity contribution in [3.8, 4) is 5.75 Å². The molecule has 2 aromatic carbocycles. The summed E-state index contributed by atoms with van der Waals surface area (Å²) < 4.78 is 7.77. The van der Waals surface area contributed by atoms with Crippen LogP contribution in [0, 0.1) is 0 Å². The molecule has 0 atom stereocenters. The largest absolute Gasteiger partial charge is 0.492 e. The maximum atomic E-state index is 12.5. The number of likely N-dealkylation sites (tertiary alicyclic amines) is 1. The number of amides is 1. The lowest BCUT2D eigenvalue weighted by atomic mass is 10.1. The number of anilines is 1. The van der Waals surface area contributed by atoms with Gasteiger partial charge in [0.05, 0.1) is 17.4 Å². The fourth-order valence-corrected chi connectivity index (χ4v) is 3.59. The Labute approximate surface area is 165 Å². The Bertz CT molecular complexity index is 943. The number of fused-ring (bicyclic) bond motifs is 1. The van der Waals surface area contributed by atoms with E-state index in [1.807, 2.05) is 54.1 Å². The van der Waals surface area contributed by atoms with Gasteiger partial charge in [0.15, 0.2) is 0 Å². The van der Waals surface area contributed by atoms with Gasteiger partial charge in [-0.2, -0.15) is 0 Å². The Morgan fingerprint density at radius 1 is 1.11 bits per heavy atom. The molecule has 0 radical (unpaired) electrons. The molecule has 0 unspecified atom stereocenters. The first-order valence-corrected chi connectivity index (χ1v) is 9.87. The second-order valence-corrected chi connectivity index (χ2v) is 7.29. The molecule has 1 amide bonds. The zero-order valence-corrected chi connectivity index (χ0v) is 16.2. The van der Waals surface area contributed by atoms with E-state index in [2.05, 4.69) is 15.2 Å². The summed E-state index contributed by atoms with van der Waals surface area (Å²) in [6, 6.07) is 13.1. The number of aromatic nitrogens is 2. The summed E-state index contributed by atoms with van der Waals surface area (Å²) in [7, 11) is 1.94. The number of rotatable bonds is 6. The van der Waals surface area contributed by atoms with Crippen molar-refractivity contribution in [2.24, 2.45) is 7.05 Å². The zero-order chi connectivity index (χ0) is 19.3. The number of hydrogen-bond acceptors (Lipinski definition) is 4. The quantitative estimate of drug-likeness (QED) is 0.711. The molecule has 1 saturated heterocycles. The van der Waals surface area contributed by atoms with Crippen molar-refractivity contribution in [3.63, 3.8) is 0 Å². The third-order valence-electron chi connectivity index (χ3n) is 5.22. The molecular weight excluding hydrogens is 352 g/mol. The number of nitrogens with one attached hydrogen (secondary N) is 1. The smallest absolute Gasteiger partial charge is 0.255 e. The maximum Gasteiger partial charge on any atom is 0.255 e. The molecular formula is C22H26N4O2. The highest BCUT2D eigenvalue weighted by Crippen LogP contribution is 2.18. The summed E-state index contributed by atoms with van der Waals surface area (Å²) in [6.45, 7) is 4.02. The van der Waals surface area contributed by atoms with Crippen LogP contribution in [0.2, 0.25) is 0 Å². The van der Waals surface area contributed by atoms with E-state index in [0.29, 0.717) is 12.2 Å². The second kappa shape index (κ2) is 8.44. The van der Waals surface area contributed by atoms with Crippen LogP contribution in [-0.2, 0) is 7.05 Å². The van der Waals surface area contributed by atoms with Gasteiger partial charge in [0.1, 0.15) is 12.4 Å². The normalized spacial score (nSPS) is 14.9. The first-order valence-electron chi connectivity index (χ1n) is 9.87. The lowest BCUT2D eigenvalue weighted by Crippen LogP contribution is -2.33. The van der Waals surface area contributed by atoms with E-state index in [4.69, 9.17) is 4.74 Å². The Hall–Kier alpha value is -2.86. The van der Waals surface area contributed by atoms with Crippen molar-refractivity contribution in [3.05, 3.63) is 54.4 Å². The van der Waals surface area contributed by atoms with Crippen LogP contribution < -0.4 is 10.1 Å². The van der Waals surface area contributed by atoms with Gasteiger partial charge in [-0.25, -0.2) is 4.98 Å². The number of nitrogens with zero attached hydrogens (tertiary/aromatic N) is 3. The molecule has 1 aliphatic rings. The van der Waals surface area contributed by atoms with Gasteiger partial charge < -0.3 is 14.6 Å². The van der Waals surface area contributed by atoms with Crippen molar-refractivity contribution < 1.29 is 9.53 Å². The molecule has 0 saturated carbocycles. The molecule has 2 heterocycles. The van der Waals surface area contributed by atoms with Crippen molar-refractivity contribution in [2.75, 3.05) is 31.6 Å². The summed E-state index contributed by atoms with van der Waals surface area (Å²) >= 11 is 0. The summed E-state index contributed by atoms with van der Waals surface area (Å²) in [5.74, 6) is 0.677. The van der Waals surface area contributed by atoms with Crippen molar-refractivity contribution in [2.45, 2.75) is 19.3 Å². The Morgan fingerprint density at radius 3 is 2.68 bits per heavy atom. The Morgan fingerprint density at radius 2 is 1.89 bits per heavy atom. The number of benzene rings is 2. The topological polar surface area (TPSA) is 59.4 Å². The molecule has 6 nitrogen and oxygen atoms in total. The van der Waals surface area contributed by atoms with Gasteiger partial charge >= 0.3 is 0 Å². The standard InChI is InChI=1S/C22H26N4O2/c1-25-16-23-20-15-17(5-10-21(20)25)22(27)24-18-6-8-19(9-7-18)28-14-13-26-11-3-2-4-12-26/h5-10,15-16H,2-4,11-14H2,1H3,(H,24,27). The lowest BCUT2D eigenvalue weighted by molar-refractivity contribution is 0.102. The molecule has 6 heteroatoms. The Balaban J connectivity index is 1.31. The van der Waals surface area contributed by atoms with Crippen LogP contribution in [-0.4, -0.2) is 46.6 Å². The average Bonchev–Trinajstić information content (AvgIpc) is 3.10. The molecule has 1 aliphatic heterocycles. The van der Waals surface area contributed by atoms with Gasteiger partial charge in [-0.1, -0.05) is 6.42 Å². The number of aryl methyl sites for hydroxylation is 1. The molecule has 0 spiro atoms. The van der Waals surface area contributed by atoms with E-state index >= 15 is 0 Å². The van der Waals surface area contributed by atoms with Crippen molar-refractivity contribution in [1.82, 2.24) is 14.5 Å². The molecule has 1 fully saturated rings. The van der Waals surface area contributed by atoms with Crippen molar-refractivity contribution >= 4 is 22.6 Å². The summed E-state index contributed by atoms with van der Waals surface area (Å²) in [6.07, 6.45) is 5.68. The monoisotopic (exact) mass is 378 g/mol. The lowest BCUT2D eigenvalue weighted by Gasteiger charge is -2.26. The van der Waals surface area contributed by atoms with Crippen LogP contribution >= 0.6 is 0 Å². The molecule has 146 valence electrons. The van der Waals surface area contributed by atoms with E-state index in [-0.39, 0.29) is 5.91 Å². The number of piperidine rings is 1. The van der Waals surface area contributed by atoms with Gasteiger partial charge in [-0.15, -0.1) is 0 Å². The molecule has 1 aromatic heterocycles. The number of ether oxygens (including phenoxy) is 1. The molecule has 28 heavy (non-hydrogen) atoms. The predicted octanol–water partition coefficient (Wildman–Crippen LogP) is 3.69. The zero-order valence-electron chi connectivity index (χ0n) is 16.2. The van der Waals surface area contributed by atoms with Crippen LogP contribution in [0.15, 0.2) is 48.8 Å². The predicted molar refractivity (Wildman–Crippen MR) is 111 cm³/mol. The minimum atomic E-state index is -0.147. The van der Waals surface area contributed by atoms with E-state index in [1.54, 1.807) is 6.33 Å². The fraction of sp³-hybridized carbons (Fsp3) is 0.364. The van der Waals surface area contributed by atoms with Gasteiger partial charge in [0.25, 0.3) is 5.91 Å². The highest BCUT2D eigenvalue weighted by Gasteiger charge is 2.10. The second-order valence-electron chi connectivity index (χ2n) is 7.29. The average molecular weight is 378 g/mol. The molecule has 0 aliphatic carbocycles. The van der Waals surface area contributed by atoms with Crippen molar-refractivity contribution in [1.29, 1.82) is 0 Å². The summed E-state index contributed by atoms with van der Waals surface area (Å²) in [4.78, 5) is 19.3. The van der Waals surface area contributed by atoms with Gasteiger partial charge in [-0.3, -0.25) is 9.69 Å². The molecule has 1 N–H and O–H groups in total. The highest BCUT2D eigenvalue weighted by atomic mass is 16.5. The SMILES string of the molecule is Cn1cnc2cc(C(=O)Nc3ccc(OCCN4CCCCC4)cc3)ccc21. The molecule has 0 bridgehead atoms. The third kappa shape index (κ3) is 4.34. The van der Waals surface area contributed by atoms with Crippen LogP contribution in [0.4, 0.5) is 5.69 Å². The van der Waals surface area contributed by atoms with E-state index in [0.717, 1.165) is 29.0 Å². The summed E-state index contributed by atoms with van der Waals surface area (Å²) in [5, 5.41) is 2.93. The van der Waals surface area contributed by atoms with Gasteiger partial charge in [-0.05, 0) is 68.4 Å². The number of carbonyl (C=O) groups is 1. The maximum absolute atomic E-state index is 12.5. The molecule has 3 aromatic rings. The van der Waals surface area contributed by atoms with E-state index in [9.17, 15) is 4.79 Å². The number of carbonyl (C=O) groups excluding carboxylic acids is 1. The van der Waals surface area contributed by atoms with Gasteiger partial charge in [0.2, 0.25) is 0 Å². The highest BCUT2D eigenvalue weighted by molar-refractivity contribution is 6.05.